The lowest BCUT2D eigenvalue weighted by molar-refractivity contribution is -0.143. The summed E-state index contributed by atoms with van der Waals surface area (Å²) in [4.78, 5) is 24.7. The summed E-state index contributed by atoms with van der Waals surface area (Å²) in [7, 11) is 0. The average molecular weight is 1100 g/mol. The zero-order valence-corrected chi connectivity index (χ0v) is 53.4. The molecule has 0 radical (unpaired) electrons. The predicted octanol–water partition coefficient (Wildman–Crippen LogP) is 23.4. The monoisotopic (exact) mass is 1100 g/mol. The second-order valence-electron chi connectivity index (χ2n) is 25.3. The van der Waals surface area contributed by atoms with E-state index in [1.165, 1.54) is 353 Å². The van der Waals surface area contributed by atoms with Crippen molar-refractivity contribution >= 4 is 11.9 Å². The van der Waals surface area contributed by atoms with Gasteiger partial charge in [0.05, 0.1) is 25.4 Å². The van der Waals surface area contributed by atoms with Crippen LogP contribution >= 0.6 is 0 Å². The molecule has 0 spiro atoms. The summed E-state index contributed by atoms with van der Waals surface area (Å²) < 4.78 is 5.51. The summed E-state index contributed by atoms with van der Waals surface area (Å²) in [5, 5.41) is 23.4. The van der Waals surface area contributed by atoms with Gasteiger partial charge in [0.2, 0.25) is 5.91 Å². The molecular formula is C72H143NO5. The number of aliphatic hydroxyl groups is 2. The van der Waals surface area contributed by atoms with E-state index >= 15 is 0 Å². The molecule has 0 rings (SSSR count). The van der Waals surface area contributed by atoms with Gasteiger partial charge in [-0.1, -0.05) is 386 Å². The number of esters is 1. The Morgan fingerprint density at radius 1 is 0.308 bits per heavy atom. The van der Waals surface area contributed by atoms with Crippen molar-refractivity contribution in [2.45, 2.75) is 437 Å². The smallest absolute Gasteiger partial charge is 0.305 e. The van der Waals surface area contributed by atoms with E-state index in [0.717, 1.165) is 38.5 Å². The van der Waals surface area contributed by atoms with Crippen LogP contribution in [0.1, 0.15) is 425 Å². The van der Waals surface area contributed by atoms with Crippen LogP contribution in [0.25, 0.3) is 0 Å². The summed E-state index contributed by atoms with van der Waals surface area (Å²) in [5.74, 6) is -0.00715. The fraction of sp³-hybridized carbons (Fsp3) is 0.972. The maximum Gasteiger partial charge on any atom is 0.305 e. The molecule has 0 saturated heterocycles. The lowest BCUT2D eigenvalue weighted by Crippen LogP contribution is -2.45. The molecular weight excluding hydrogens is 959 g/mol. The van der Waals surface area contributed by atoms with Gasteiger partial charge in [0.15, 0.2) is 0 Å². The highest BCUT2D eigenvalue weighted by Crippen LogP contribution is 2.20. The maximum atomic E-state index is 12.5. The van der Waals surface area contributed by atoms with Crippen molar-refractivity contribution in [1.82, 2.24) is 5.32 Å². The highest BCUT2D eigenvalue weighted by molar-refractivity contribution is 5.76. The maximum absolute atomic E-state index is 12.5. The van der Waals surface area contributed by atoms with Crippen LogP contribution in [0.2, 0.25) is 0 Å². The highest BCUT2D eigenvalue weighted by atomic mass is 16.5. The van der Waals surface area contributed by atoms with Crippen LogP contribution in [-0.2, 0) is 14.3 Å². The van der Waals surface area contributed by atoms with Gasteiger partial charge >= 0.3 is 5.97 Å². The van der Waals surface area contributed by atoms with Crippen molar-refractivity contribution in [3.8, 4) is 0 Å². The zero-order chi connectivity index (χ0) is 56.4. The first kappa shape index (κ1) is 76.9. The van der Waals surface area contributed by atoms with Crippen molar-refractivity contribution in [3.05, 3.63) is 0 Å². The molecule has 0 aliphatic heterocycles. The number of hydrogen-bond acceptors (Lipinski definition) is 5. The third kappa shape index (κ3) is 64.0. The molecule has 0 fully saturated rings. The van der Waals surface area contributed by atoms with Gasteiger partial charge < -0.3 is 20.3 Å². The SMILES string of the molecule is CCCCCCCCCCCCCCCCCCCCCC(O)C(CO)NC(=O)CCCCCCCCCCCCCCCCCCCCCCCCCCOC(=O)CCCCCCCCCCCCCCCCCCCC. The minimum Gasteiger partial charge on any atom is -0.466 e. The molecule has 6 heteroatoms. The Balaban J connectivity index is 3.34. The average Bonchev–Trinajstić information content (AvgIpc) is 3.44. The van der Waals surface area contributed by atoms with Gasteiger partial charge in [-0.3, -0.25) is 9.59 Å². The number of carbonyl (C=O) groups excluding carboxylic acids is 2. The number of aliphatic hydroxyl groups excluding tert-OH is 2. The minimum absolute atomic E-state index is 0.0214. The number of rotatable bonds is 69. The molecule has 2 atom stereocenters. The third-order valence-corrected chi connectivity index (χ3v) is 17.4. The van der Waals surface area contributed by atoms with E-state index in [-0.39, 0.29) is 18.5 Å². The molecule has 0 aromatic rings. The van der Waals surface area contributed by atoms with Gasteiger partial charge in [-0.2, -0.15) is 0 Å². The predicted molar refractivity (Wildman–Crippen MR) is 343 cm³/mol. The second-order valence-corrected chi connectivity index (χ2v) is 25.3. The molecule has 78 heavy (non-hydrogen) atoms. The molecule has 2 unspecified atom stereocenters. The van der Waals surface area contributed by atoms with Crippen molar-refractivity contribution in [1.29, 1.82) is 0 Å². The van der Waals surface area contributed by atoms with Gasteiger partial charge in [-0.15, -0.1) is 0 Å². The summed E-state index contributed by atoms with van der Waals surface area (Å²) in [6.45, 7) is 5.01. The highest BCUT2D eigenvalue weighted by Gasteiger charge is 2.20. The Bertz CT molecular complexity index is 1130. The van der Waals surface area contributed by atoms with Gasteiger partial charge in [-0.25, -0.2) is 0 Å². The molecule has 1 amide bonds. The van der Waals surface area contributed by atoms with Crippen molar-refractivity contribution in [2.24, 2.45) is 0 Å². The number of carbonyl (C=O) groups is 2. The van der Waals surface area contributed by atoms with Gasteiger partial charge in [-0.05, 0) is 25.7 Å². The van der Waals surface area contributed by atoms with Crippen LogP contribution in [-0.4, -0.2) is 47.4 Å². The van der Waals surface area contributed by atoms with E-state index in [4.69, 9.17) is 4.74 Å². The Labute approximate surface area is 489 Å². The van der Waals surface area contributed by atoms with E-state index in [0.29, 0.717) is 25.9 Å². The van der Waals surface area contributed by atoms with Gasteiger partial charge in [0.25, 0.3) is 0 Å². The van der Waals surface area contributed by atoms with Gasteiger partial charge in [0.1, 0.15) is 0 Å². The normalized spacial score (nSPS) is 12.4. The third-order valence-electron chi connectivity index (χ3n) is 17.4. The van der Waals surface area contributed by atoms with Crippen LogP contribution in [0.4, 0.5) is 0 Å². The molecule has 0 heterocycles. The molecule has 3 N–H and O–H groups in total. The van der Waals surface area contributed by atoms with Crippen molar-refractivity contribution < 1.29 is 24.5 Å². The molecule has 0 aromatic heterocycles. The van der Waals surface area contributed by atoms with Crippen LogP contribution in [0, 0.1) is 0 Å². The Hall–Kier alpha value is -1.14. The summed E-state index contributed by atoms with van der Waals surface area (Å²) in [5.41, 5.74) is 0. The second kappa shape index (κ2) is 68.4. The van der Waals surface area contributed by atoms with E-state index < -0.39 is 12.1 Å². The van der Waals surface area contributed by atoms with E-state index in [1.807, 2.05) is 0 Å². The largest absolute Gasteiger partial charge is 0.466 e. The Kier molecular flexibility index (Phi) is 67.4. The summed E-state index contributed by atoms with van der Waals surface area (Å²) >= 11 is 0. The van der Waals surface area contributed by atoms with E-state index in [2.05, 4.69) is 19.2 Å². The molecule has 0 aliphatic carbocycles. The Morgan fingerprint density at radius 3 is 0.782 bits per heavy atom. The van der Waals surface area contributed by atoms with Crippen molar-refractivity contribution in [2.75, 3.05) is 13.2 Å². The molecule has 0 aromatic carbocycles. The fourth-order valence-corrected chi connectivity index (χ4v) is 11.9. The van der Waals surface area contributed by atoms with E-state index in [1.54, 1.807) is 0 Å². The first-order valence-corrected chi connectivity index (χ1v) is 36.3. The summed E-state index contributed by atoms with van der Waals surface area (Å²) in [6, 6.07) is -0.540. The first-order valence-electron chi connectivity index (χ1n) is 36.3. The minimum atomic E-state index is -0.663. The van der Waals surface area contributed by atoms with E-state index in [9.17, 15) is 19.8 Å². The summed E-state index contributed by atoms with van der Waals surface area (Å²) in [6.07, 6.45) is 83.0. The molecule has 0 saturated carbocycles. The van der Waals surface area contributed by atoms with Crippen LogP contribution in [0.5, 0.6) is 0 Å². The lowest BCUT2D eigenvalue weighted by atomic mass is 10.0. The topological polar surface area (TPSA) is 95.9 Å². The molecule has 0 aliphatic rings. The quantitative estimate of drug-likeness (QED) is 0.0417. The lowest BCUT2D eigenvalue weighted by Gasteiger charge is -2.22. The van der Waals surface area contributed by atoms with Crippen LogP contribution in [0.3, 0.4) is 0 Å². The number of hydrogen-bond donors (Lipinski definition) is 3. The molecule has 0 bridgehead atoms. The number of ether oxygens (including phenoxy) is 1. The number of nitrogens with one attached hydrogen (secondary N) is 1. The zero-order valence-electron chi connectivity index (χ0n) is 53.4. The van der Waals surface area contributed by atoms with Crippen molar-refractivity contribution in [3.63, 3.8) is 0 Å². The van der Waals surface area contributed by atoms with Crippen LogP contribution < -0.4 is 5.32 Å². The first-order chi connectivity index (χ1) is 38.5. The number of unbranched alkanes of at least 4 members (excludes halogenated alkanes) is 58. The van der Waals surface area contributed by atoms with Gasteiger partial charge in [0, 0.05) is 12.8 Å². The standard InChI is InChI=1S/C72H143NO5/c1-3-5-7-9-11-13-15-17-19-21-29-32-36-40-44-48-52-56-60-64-70(75)69(68-74)73-71(76)65-61-57-53-49-45-41-37-33-30-27-25-23-24-26-28-31-35-39-43-47-51-55-59-63-67-78-72(77)66-62-58-54-50-46-42-38-34-22-20-18-16-14-12-10-8-6-4-2/h69-70,74-75H,3-68H2,1-2H3,(H,73,76). The molecule has 6 nitrogen and oxygen atoms in total. The Morgan fingerprint density at radius 2 is 0.526 bits per heavy atom. The fourth-order valence-electron chi connectivity index (χ4n) is 11.9. The number of amides is 1. The molecule has 466 valence electrons. The van der Waals surface area contributed by atoms with Crippen LogP contribution in [0.15, 0.2) is 0 Å².